The number of aromatic nitrogens is 2. The summed E-state index contributed by atoms with van der Waals surface area (Å²) >= 11 is 1.22. The topological polar surface area (TPSA) is 75.2 Å². The number of amides is 2. The van der Waals surface area contributed by atoms with Crippen LogP contribution in [0.4, 0.5) is 5.13 Å². The van der Waals surface area contributed by atoms with Crippen LogP contribution in [0.25, 0.3) is 0 Å². The Labute approximate surface area is 155 Å². The Hall–Kier alpha value is -3.06. The Bertz CT molecular complexity index is 857. The van der Waals surface area contributed by atoms with Gasteiger partial charge in [0.1, 0.15) is 5.69 Å². The van der Waals surface area contributed by atoms with Crippen molar-refractivity contribution in [2.45, 2.75) is 13.0 Å². The van der Waals surface area contributed by atoms with Crippen LogP contribution in [0.1, 0.15) is 34.7 Å². The summed E-state index contributed by atoms with van der Waals surface area (Å²) in [5, 5.41) is 4.65. The molecular weight excluding hydrogens is 348 g/mol. The number of carbonyl (C=O) groups is 2. The summed E-state index contributed by atoms with van der Waals surface area (Å²) in [5.74, 6) is -0.459. The quantitative estimate of drug-likeness (QED) is 0.751. The van der Waals surface area contributed by atoms with Crippen LogP contribution < -0.4 is 5.32 Å². The van der Waals surface area contributed by atoms with E-state index in [9.17, 15) is 9.59 Å². The Kier molecular flexibility index (Phi) is 5.38. The van der Waals surface area contributed by atoms with Gasteiger partial charge in [0, 0.05) is 25.5 Å². The summed E-state index contributed by atoms with van der Waals surface area (Å²) in [6.45, 7) is 1.40. The van der Waals surface area contributed by atoms with Crippen LogP contribution in [-0.2, 0) is 4.79 Å². The summed E-state index contributed by atoms with van der Waals surface area (Å²) in [6.07, 6.45) is 1.71. The largest absolute Gasteiger partial charge is 0.328 e. The number of nitrogens with zero attached hydrogens (tertiary/aromatic N) is 3. The molecule has 1 N–H and O–H groups in total. The molecule has 3 rings (SSSR count). The summed E-state index contributed by atoms with van der Waals surface area (Å²) in [4.78, 5) is 34.4. The van der Waals surface area contributed by atoms with Crippen molar-refractivity contribution in [2.75, 3.05) is 12.4 Å². The Morgan fingerprint density at radius 3 is 2.50 bits per heavy atom. The minimum absolute atomic E-state index is 0.220. The molecule has 0 bridgehead atoms. The first-order valence-electron chi connectivity index (χ1n) is 8.02. The Morgan fingerprint density at radius 2 is 1.85 bits per heavy atom. The van der Waals surface area contributed by atoms with Crippen molar-refractivity contribution in [3.8, 4) is 0 Å². The second-order valence-corrected chi connectivity index (χ2v) is 6.56. The molecule has 1 aromatic carbocycles. The summed E-state index contributed by atoms with van der Waals surface area (Å²) in [6, 6.07) is 15.0. The minimum Gasteiger partial charge on any atom is -0.328 e. The zero-order chi connectivity index (χ0) is 18.5. The van der Waals surface area contributed by atoms with Gasteiger partial charge in [-0.25, -0.2) is 4.98 Å². The third-order valence-corrected chi connectivity index (χ3v) is 4.55. The predicted molar refractivity (Wildman–Crippen MR) is 101 cm³/mol. The van der Waals surface area contributed by atoms with Crippen LogP contribution in [0.5, 0.6) is 0 Å². The lowest BCUT2D eigenvalue weighted by atomic mass is 10.0. The zero-order valence-electron chi connectivity index (χ0n) is 14.4. The van der Waals surface area contributed by atoms with Gasteiger partial charge in [-0.2, -0.15) is 0 Å². The number of carbonyl (C=O) groups excluding carboxylic acids is 2. The van der Waals surface area contributed by atoms with Gasteiger partial charge in [-0.05, 0) is 17.7 Å². The Balaban J connectivity index is 1.92. The first kappa shape index (κ1) is 17.8. The molecule has 0 unspecified atom stereocenters. The molecule has 0 aliphatic carbocycles. The lowest BCUT2D eigenvalue weighted by Crippen LogP contribution is -2.32. The molecule has 3 aromatic rings. The van der Waals surface area contributed by atoms with Gasteiger partial charge in [0.05, 0.1) is 11.7 Å². The number of benzene rings is 1. The van der Waals surface area contributed by atoms with Crippen molar-refractivity contribution in [1.82, 2.24) is 14.9 Å². The molecule has 0 spiro atoms. The fourth-order valence-electron chi connectivity index (χ4n) is 2.64. The molecule has 0 saturated carbocycles. The van der Waals surface area contributed by atoms with Gasteiger partial charge in [-0.3, -0.25) is 14.6 Å². The zero-order valence-corrected chi connectivity index (χ0v) is 15.2. The van der Waals surface area contributed by atoms with Gasteiger partial charge in [0.15, 0.2) is 5.13 Å². The van der Waals surface area contributed by atoms with Gasteiger partial charge >= 0.3 is 0 Å². The van der Waals surface area contributed by atoms with Crippen LogP contribution >= 0.6 is 11.3 Å². The summed E-state index contributed by atoms with van der Waals surface area (Å²) in [5.41, 5.74) is 2.02. The predicted octanol–water partition coefficient (Wildman–Crippen LogP) is 3.36. The molecule has 132 valence electrons. The Morgan fingerprint density at radius 1 is 1.12 bits per heavy atom. The summed E-state index contributed by atoms with van der Waals surface area (Å²) in [7, 11) is 1.73. The van der Waals surface area contributed by atoms with Gasteiger partial charge < -0.3 is 10.2 Å². The number of nitrogens with one attached hydrogen (secondary N) is 1. The number of rotatable bonds is 5. The van der Waals surface area contributed by atoms with Crippen molar-refractivity contribution >= 4 is 28.3 Å². The van der Waals surface area contributed by atoms with Crippen LogP contribution in [0.2, 0.25) is 0 Å². The first-order valence-corrected chi connectivity index (χ1v) is 8.90. The van der Waals surface area contributed by atoms with Crippen LogP contribution in [-0.4, -0.2) is 33.7 Å². The molecule has 7 heteroatoms. The minimum atomic E-state index is -0.337. The fourth-order valence-corrected chi connectivity index (χ4v) is 3.37. The molecule has 6 nitrogen and oxygen atoms in total. The maximum absolute atomic E-state index is 13.0. The molecule has 0 saturated heterocycles. The number of pyridine rings is 1. The van der Waals surface area contributed by atoms with Gasteiger partial charge in [-0.1, -0.05) is 36.4 Å². The second-order valence-electron chi connectivity index (χ2n) is 5.70. The number of anilines is 1. The van der Waals surface area contributed by atoms with Crippen LogP contribution in [0, 0.1) is 0 Å². The molecule has 1 atom stereocenters. The van der Waals surface area contributed by atoms with E-state index >= 15 is 0 Å². The lowest BCUT2D eigenvalue weighted by molar-refractivity contribution is -0.114. The van der Waals surface area contributed by atoms with Crippen molar-refractivity contribution in [1.29, 1.82) is 0 Å². The summed E-state index contributed by atoms with van der Waals surface area (Å²) < 4.78 is 0. The van der Waals surface area contributed by atoms with Gasteiger partial charge in [0.2, 0.25) is 5.91 Å². The van der Waals surface area contributed by atoms with E-state index < -0.39 is 0 Å². The van der Waals surface area contributed by atoms with Gasteiger partial charge in [-0.15, -0.1) is 11.3 Å². The molecule has 0 aliphatic rings. The first-order chi connectivity index (χ1) is 12.6. The standard InChI is InChI=1S/C19H18N4O2S/c1-13(24)21-19-22-16(12-26-19)18(25)23(2)17(14-8-4-3-5-9-14)15-10-6-7-11-20-15/h3-12,17H,1-2H3,(H,21,22,24)/t17-/m0/s1. The van der Waals surface area contributed by atoms with E-state index in [1.165, 1.54) is 18.3 Å². The molecule has 2 aromatic heterocycles. The third-order valence-electron chi connectivity index (χ3n) is 3.80. The molecule has 0 fully saturated rings. The van der Waals surface area contributed by atoms with E-state index in [0.29, 0.717) is 5.13 Å². The molecule has 0 aliphatic heterocycles. The van der Waals surface area contributed by atoms with Gasteiger partial charge in [0.25, 0.3) is 5.91 Å². The van der Waals surface area contributed by atoms with E-state index in [2.05, 4.69) is 15.3 Å². The number of hydrogen-bond donors (Lipinski definition) is 1. The highest BCUT2D eigenvalue weighted by atomic mass is 32.1. The van der Waals surface area contributed by atoms with Crippen molar-refractivity contribution in [3.05, 3.63) is 77.1 Å². The fraction of sp³-hybridized carbons (Fsp3) is 0.158. The second kappa shape index (κ2) is 7.88. The van der Waals surface area contributed by atoms with Crippen LogP contribution in [0.15, 0.2) is 60.1 Å². The highest BCUT2D eigenvalue weighted by molar-refractivity contribution is 7.14. The van der Waals surface area contributed by atoms with E-state index in [1.54, 1.807) is 23.5 Å². The van der Waals surface area contributed by atoms with E-state index in [4.69, 9.17) is 0 Å². The van der Waals surface area contributed by atoms with E-state index in [-0.39, 0.29) is 23.6 Å². The SMILES string of the molecule is CC(=O)Nc1nc(C(=O)N(C)[C@@H](c2ccccc2)c2ccccn2)cs1. The third kappa shape index (κ3) is 3.94. The normalized spacial score (nSPS) is 11.6. The van der Waals surface area contributed by atoms with Crippen molar-refractivity contribution in [3.63, 3.8) is 0 Å². The number of thiazole rings is 1. The maximum atomic E-state index is 13.0. The van der Waals surface area contributed by atoms with Crippen molar-refractivity contribution in [2.24, 2.45) is 0 Å². The van der Waals surface area contributed by atoms with Crippen molar-refractivity contribution < 1.29 is 9.59 Å². The molecular formula is C19H18N4O2S. The lowest BCUT2D eigenvalue weighted by Gasteiger charge is -2.27. The molecule has 2 amide bonds. The smallest absolute Gasteiger partial charge is 0.273 e. The molecule has 2 heterocycles. The van der Waals surface area contributed by atoms with E-state index in [0.717, 1.165) is 11.3 Å². The average Bonchev–Trinajstić information content (AvgIpc) is 3.10. The van der Waals surface area contributed by atoms with E-state index in [1.807, 2.05) is 48.5 Å². The average molecular weight is 366 g/mol. The molecule has 26 heavy (non-hydrogen) atoms. The highest BCUT2D eigenvalue weighted by Gasteiger charge is 2.26. The maximum Gasteiger partial charge on any atom is 0.273 e. The molecule has 0 radical (unpaired) electrons. The highest BCUT2D eigenvalue weighted by Crippen LogP contribution is 2.28. The van der Waals surface area contributed by atoms with Crippen LogP contribution in [0.3, 0.4) is 0 Å². The number of hydrogen-bond acceptors (Lipinski definition) is 5. The monoisotopic (exact) mass is 366 g/mol.